The minimum atomic E-state index is -1.11. The zero-order valence-electron chi connectivity index (χ0n) is 7.92. The van der Waals surface area contributed by atoms with Crippen molar-refractivity contribution in [1.29, 1.82) is 5.26 Å². The fourth-order valence-electron chi connectivity index (χ4n) is 1.66. The molecule has 0 aliphatic heterocycles. The molecule has 1 fully saturated rings. The van der Waals surface area contributed by atoms with Gasteiger partial charge in [0.05, 0.1) is 6.07 Å². The molecule has 1 N–H and O–H groups in total. The summed E-state index contributed by atoms with van der Waals surface area (Å²) in [6, 6.07) is 1.77. The van der Waals surface area contributed by atoms with Crippen molar-refractivity contribution in [2.45, 2.75) is 24.6 Å². The van der Waals surface area contributed by atoms with E-state index in [0.29, 0.717) is 6.42 Å². The largest absolute Gasteiger partial charge is 0.480 e. The van der Waals surface area contributed by atoms with Crippen LogP contribution in [0, 0.1) is 28.6 Å². The Labute approximate surface area is 92.6 Å². The lowest BCUT2D eigenvalue weighted by Crippen LogP contribution is -2.28. The Balaban J connectivity index is 2.82. The fraction of sp³-hybridized carbons (Fsp3) is 0.778. The SMILES string of the molecule is CC(C(C#N)C(=O)O)C1(C)CC1(Cl)Cl. The molecule has 0 spiro atoms. The van der Waals surface area contributed by atoms with E-state index in [9.17, 15) is 4.79 Å². The van der Waals surface area contributed by atoms with Gasteiger partial charge in [0, 0.05) is 5.41 Å². The molecule has 0 aromatic rings. The molecule has 78 valence electrons. The molecule has 14 heavy (non-hydrogen) atoms. The van der Waals surface area contributed by atoms with Crippen LogP contribution < -0.4 is 0 Å². The van der Waals surface area contributed by atoms with Gasteiger partial charge in [0.1, 0.15) is 10.3 Å². The topological polar surface area (TPSA) is 61.1 Å². The summed E-state index contributed by atoms with van der Waals surface area (Å²) in [4.78, 5) is 10.7. The van der Waals surface area contributed by atoms with E-state index in [1.54, 1.807) is 13.0 Å². The number of rotatable bonds is 3. The summed E-state index contributed by atoms with van der Waals surface area (Å²) < 4.78 is -0.878. The molecule has 1 saturated carbocycles. The first-order valence-corrected chi connectivity index (χ1v) is 5.02. The molecule has 3 atom stereocenters. The summed E-state index contributed by atoms with van der Waals surface area (Å²) in [6.45, 7) is 3.51. The number of carboxylic acids is 1. The van der Waals surface area contributed by atoms with Crippen molar-refractivity contribution in [2.24, 2.45) is 17.3 Å². The van der Waals surface area contributed by atoms with Crippen molar-refractivity contribution < 1.29 is 9.90 Å². The van der Waals surface area contributed by atoms with Crippen LogP contribution >= 0.6 is 23.2 Å². The van der Waals surface area contributed by atoms with E-state index >= 15 is 0 Å². The Hall–Kier alpha value is -0.460. The number of aliphatic carboxylic acids is 1. The van der Waals surface area contributed by atoms with Gasteiger partial charge < -0.3 is 5.11 Å². The van der Waals surface area contributed by atoms with E-state index in [0.717, 1.165) is 0 Å². The summed E-state index contributed by atoms with van der Waals surface area (Å²) >= 11 is 11.8. The minimum Gasteiger partial charge on any atom is -0.480 e. The quantitative estimate of drug-likeness (QED) is 0.765. The van der Waals surface area contributed by atoms with Crippen LogP contribution in [0.2, 0.25) is 0 Å². The second kappa shape index (κ2) is 3.29. The minimum absolute atomic E-state index is 0.347. The lowest BCUT2D eigenvalue weighted by molar-refractivity contribution is -0.141. The number of hydrogen-bond acceptors (Lipinski definition) is 2. The number of nitrogens with zero attached hydrogens (tertiary/aromatic N) is 1. The molecule has 0 radical (unpaired) electrons. The van der Waals surface area contributed by atoms with Crippen LogP contribution in [0.25, 0.3) is 0 Å². The number of hydrogen-bond donors (Lipinski definition) is 1. The van der Waals surface area contributed by atoms with E-state index in [2.05, 4.69) is 0 Å². The molecule has 0 aromatic heterocycles. The van der Waals surface area contributed by atoms with Gasteiger partial charge in [0.2, 0.25) is 0 Å². The number of halogens is 2. The van der Waals surface area contributed by atoms with Gasteiger partial charge in [-0.2, -0.15) is 5.26 Å². The molecule has 5 heteroatoms. The third-order valence-electron chi connectivity index (χ3n) is 3.21. The molecule has 1 aliphatic carbocycles. The average molecular weight is 236 g/mol. The van der Waals surface area contributed by atoms with E-state index in [4.69, 9.17) is 33.6 Å². The summed E-state index contributed by atoms with van der Waals surface area (Å²) in [7, 11) is 0. The van der Waals surface area contributed by atoms with E-state index in [1.165, 1.54) is 0 Å². The van der Waals surface area contributed by atoms with Crippen LogP contribution in [-0.4, -0.2) is 15.4 Å². The van der Waals surface area contributed by atoms with Gasteiger partial charge in [-0.25, -0.2) is 0 Å². The smallest absolute Gasteiger partial charge is 0.321 e. The zero-order chi connectivity index (χ0) is 11.1. The Morgan fingerprint density at radius 2 is 2.07 bits per heavy atom. The third kappa shape index (κ3) is 1.57. The van der Waals surface area contributed by atoms with Crippen LogP contribution in [0.1, 0.15) is 20.3 Å². The fourth-order valence-corrected chi connectivity index (χ4v) is 2.56. The van der Waals surface area contributed by atoms with Crippen LogP contribution in [0.5, 0.6) is 0 Å². The molecule has 0 saturated heterocycles. The van der Waals surface area contributed by atoms with Gasteiger partial charge in [-0.15, -0.1) is 23.2 Å². The predicted molar refractivity (Wildman–Crippen MR) is 53.1 cm³/mol. The highest BCUT2D eigenvalue weighted by atomic mass is 35.5. The second-order valence-electron chi connectivity index (χ2n) is 4.03. The highest BCUT2D eigenvalue weighted by molar-refractivity contribution is 6.51. The van der Waals surface area contributed by atoms with Crippen molar-refractivity contribution in [3.8, 4) is 6.07 Å². The highest BCUT2D eigenvalue weighted by Gasteiger charge is 2.67. The van der Waals surface area contributed by atoms with Crippen LogP contribution in [0.15, 0.2) is 0 Å². The molecule has 3 nitrogen and oxygen atoms in total. The summed E-state index contributed by atoms with van der Waals surface area (Å²) in [6.07, 6.45) is 0.537. The van der Waals surface area contributed by atoms with Gasteiger partial charge in [-0.05, 0) is 12.3 Å². The Morgan fingerprint density at radius 3 is 2.29 bits per heavy atom. The van der Waals surface area contributed by atoms with Crippen LogP contribution in [-0.2, 0) is 4.79 Å². The second-order valence-corrected chi connectivity index (χ2v) is 5.52. The van der Waals surface area contributed by atoms with Gasteiger partial charge in [0.25, 0.3) is 0 Å². The first-order valence-electron chi connectivity index (χ1n) is 4.26. The monoisotopic (exact) mass is 235 g/mol. The van der Waals surface area contributed by atoms with E-state index < -0.39 is 21.6 Å². The molecule has 0 heterocycles. The summed E-state index contributed by atoms with van der Waals surface area (Å²) in [5.41, 5.74) is -0.463. The normalized spacial score (nSPS) is 32.8. The predicted octanol–water partition coefficient (Wildman–Crippen LogP) is 2.43. The highest BCUT2D eigenvalue weighted by Crippen LogP contribution is 2.68. The zero-order valence-corrected chi connectivity index (χ0v) is 9.43. The first kappa shape index (κ1) is 11.6. The number of nitriles is 1. The maximum atomic E-state index is 10.7. The molecular formula is C9H11Cl2NO2. The lowest BCUT2D eigenvalue weighted by Gasteiger charge is -2.22. The molecule has 1 rings (SSSR count). The van der Waals surface area contributed by atoms with E-state index in [-0.39, 0.29) is 5.92 Å². The maximum absolute atomic E-state index is 10.7. The lowest BCUT2D eigenvalue weighted by atomic mass is 9.82. The standard InChI is InChI=1S/C9H11Cl2NO2/c1-5(6(3-12)7(13)14)8(2)4-9(8,10)11/h5-6H,4H2,1-2H3,(H,13,14). The Morgan fingerprint density at radius 1 is 1.64 bits per heavy atom. The van der Waals surface area contributed by atoms with Gasteiger partial charge >= 0.3 is 5.97 Å². The molecule has 1 aliphatic rings. The van der Waals surface area contributed by atoms with Crippen LogP contribution in [0.4, 0.5) is 0 Å². The number of carbonyl (C=O) groups is 1. The number of carboxylic acid groups (broad SMARTS) is 1. The molecule has 0 bridgehead atoms. The van der Waals surface area contributed by atoms with E-state index in [1.807, 2.05) is 6.92 Å². The molecular weight excluding hydrogens is 225 g/mol. The molecule has 3 unspecified atom stereocenters. The summed E-state index contributed by atoms with van der Waals surface area (Å²) in [5.74, 6) is -2.50. The summed E-state index contributed by atoms with van der Waals surface area (Å²) in [5, 5.41) is 17.5. The van der Waals surface area contributed by atoms with Gasteiger partial charge in [0.15, 0.2) is 0 Å². The maximum Gasteiger partial charge on any atom is 0.321 e. The van der Waals surface area contributed by atoms with Gasteiger partial charge in [-0.3, -0.25) is 4.79 Å². The van der Waals surface area contributed by atoms with Crippen molar-refractivity contribution in [3.05, 3.63) is 0 Å². The Kier molecular flexibility index (Phi) is 2.73. The molecule has 0 aromatic carbocycles. The average Bonchev–Trinajstić information content (AvgIpc) is 2.53. The van der Waals surface area contributed by atoms with Crippen LogP contribution in [0.3, 0.4) is 0 Å². The Bertz CT molecular complexity index is 310. The van der Waals surface area contributed by atoms with Crippen molar-refractivity contribution in [3.63, 3.8) is 0 Å². The van der Waals surface area contributed by atoms with Crippen molar-refractivity contribution in [2.75, 3.05) is 0 Å². The van der Waals surface area contributed by atoms with Crippen molar-refractivity contribution >= 4 is 29.2 Å². The third-order valence-corrected chi connectivity index (χ3v) is 4.34. The van der Waals surface area contributed by atoms with Gasteiger partial charge in [-0.1, -0.05) is 13.8 Å². The van der Waals surface area contributed by atoms with Crippen molar-refractivity contribution in [1.82, 2.24) is 0 Å². The molecule has 0 amide bonds. The first-order chi connectivity index (χ1) is 6.26. The number of alkyl halides is 2.